The van der Waals surface area contributed by atoms with Gasteiger partial charge in [0.25, 0.3) is 0 Å². The number of rotatable bonds is 5. The number of pyridine rings is 2. The van der Waals surface area contributed by atoms with Gasteiger partial charge in [0.05, 0.1) is 16.7 Å². The number of benzene rings is 4. The van der Waals surface area contributed by atoms with Gasteiger partial charge in [0, 0.05) is 32.5 Å². The summed E-state index contributed by atoms with van der Waals surface area (Å²) in [7, 11) is 0. The summed E-state index contributed by atoms with van der Waals surface area (Å²) in [4.78, 5) is 13.9. The van der Waals surface area contributed by atoms with Gasteiger partial charge >= 0.3 is 0 Å². The van der Waals surface area contributed by atoms with Crippen molar-refractivity contribution < 1.29 is 20.1 Å². The first-order valence-corrected chi connectivity index (χ1v) is 14.2. The van der Waals surface area contributed by atoms with Gasteiger partial charge in [-0.1, -0.05) is 92.7 Å². The van der Waals surface area contributed by atoms with Crippen LogP contribution in [0.1, 0.15) is 25.3 Å². The zero-order valence-corrected chi connectivity index (χ0v) is 26.5. The number of nitrogens with zero attached hydrogens (tertiary/aromatic N) is 4. The quantitative estimate of drug-likeness (QED) is 0.166. The molecule has 0 N–H and O–H groups in total. The van der Waals surface area contributed by atoms with Crippen LogP contribution in [0.15, 0.2) is 146 Å². The maximum absolute atomic E-state index is 4.86. The third kappa shape index (κ3) is 6.70. The molecule has 3 heterocycles. The van der Waals surface area contributed by atoms with Crippen LogP contribution in [-0.4, -0.2) is 19.5 Å². The third-order valence-electron chi connectivity index (χ3n) is 7.11. The van der Waals surface area contributed by atoms with Gasteiger partial charge in [-0.15, -0.1) is 35.9 Å². The molecule has 7 aromatic rings. The van der Waals surface area contributed by atoms with Gasteiger partial charge in [0.15, 0.2) is 5.82 Å². The molecule has 7 rings (SSSR count). The third-order valence-corrected chi connectivity index (χ3v) is 7.11. The smallest absolute Gasteiger partial charge is 0.164 e. The largest absolute Gasteiger partial charge is 0.304 e. The van der Waals surface area contributed by atoms with E-state index in [0.717, 1.165) is 39.4 Å². The fourth-order valence-electron chi connectivity index (χ4n) is 5.02. The van der Waals surface area contributed by atoms with Crippen molar-refractivity contribution in [1.82, 2.24) is 19.5 Å². The second-order valence-electron chi connectivity index (χ2n) is 10.3. The molecule has 43 heavy (non-hydrogen) atoms. The molecule has 0 aliphatic heterocycles. The Morgan fingerprint density at radius 2 is 1.37 bits per heavy atom. The van der Waals surface area contributed by atoms with Gasteiger partial charge in [-0.05, 0) is 58.6 Å². The van der Waals surface area contributed by atoms with E-state index in [1.165, 1.54) is 16.8 Å². The number of hydrogen-bond donors (Lipinski definition) is 0. The van der Waals surface area contributed by atoms with Crippen molar-refractivity contribution in [2.24, 2.45) is 0 Å². The zero-order valence-electron chi connectivity index (χ0n) is 24.1. The number of fused-ring (bicyclic) bond motifs is 1. The van der Waals surface area contributed by atoms with Crippen molar-refractivity contribution in [1.29, 1.82) is 0 Å². The van der Waals surface area contributed by atoms with Crippen molar-refractivity contribution in [3.05, 3.63) is 157 Å². The topological polar surface area (TPSA) is 43.6 Å². The fraction of sp³-hybridized carbons (Fsp3) is 0.0789. The Hall–Kier alpha value is -4.70. The SMILES string of the molecule is CC(C)c1ccccc1-n1c(-c2ccccn2)nc2ccccc21.[Ir].[c-]1ccccc1-c1ccc(-c2ccccc2)cn1. The van der Waals surface area contributed by atoms with E-state index in [1.54, 1.807) is 0 Å². The van der Waals surface area contributed by atoms with E-state index in [1.807, 2.05) is 85.2 Å². The van der Waals surface area contributed by atoms with Crippen molar-refractivity contribution in [2.75, 3.05) is 0 Å². The molecule has 0 bridgehead atoms. The summed E-state index contributed by atoms with van der Waals surface area (Å²) in [5.74, 6) is 1.31. The van der Waals surface area contributed by atoms with Crippen molar-refractivity contribution in [3.8, 4) is 39.6 Å². The van der Waals surface area contributed by atoms with Crippen LogP contribution in [0.25, 0.3) is 50.6 Å². The molecular formula is C38H31IrN4-. The predicted octanol–water partition coefficient (Wildman–Crippen LogP) is 9.42. The monoisotopic (exact) mass is 736 g/mol. The number of imidazole rings is 1. The molecule has 0 saturated carbocycles. The molecule has 4 nitrogen and oxygen atoms in total. The molecule has 1 radical (unpaired) electrons. The van der Waals surface area contributed by atoms with Crippen LogP contribution in [0, 0.1) is 6.07 Å². The van der Waals surface area contributed by atoms with Gasteiger partial charge in [-0.25, -0.2) is 4.98 Å². The second-order valence-corrected chi connectivity index (χ2v) is 10.3. The molecule has 0 aliphatic rings. The van der Waals surface area contributed by atoms with Crippen LogP contribution in [-0.2, 0) is 20.1 Å². The van der Waals surface area contributed by atoms with Crippen LogP contribution < -0.4 is 0 Å². The van der Waals surface area contributed by atoms with Crippen molar-refractivity contribution in [2.45, 2.75) is 19.8 Å². The summed E-state index contributed by atoms with van der Waals surface area (Å²) in [6.07, 6.45) is 3.72. The summed E-state index contributed by atoms with van der Waals surface area (Å²) in [5.41, 5.74) is 9.74. The summed E-state index contributed by atoms with van der Waals surface area (Å²) >= 11 is 0. The maximum atomic E-state index is 4.86. The van der Waals surface area contributed by atoms with Gasteiger partial charge in [0.1, 0.15) is 5.69 Å². The van der Waals surface area contributed by atoms with E-state index >= 15 is 0 Å². The Morgan fingerprint density at radius 3 is 2.09 bits per heavy atom. The number of hydrogen-bond acceptors (Lipinski definition) is 3. The summed E-state index contributed by atoms with van der Waals surface area (Å²) in [6.45, 7) is 4.44. The minimum absolute atomic E-state index is 0. The molecule has 3 aromatic heterocycles. The summed E-state index contributed by atoms with van der Waals surface area (Å²) < 4.78 is 2.23. The van der Waals surface area contributed by atoms with Crippen LogP contribution in [0.5, 0.6) is 0 Å². The molecule has 213 valence electrons. The Kier molecular flexibility index (Phi) is 9.68. The average Bonchev–Trinajstić information content (AvgIpc) is 3.46. The molecule has 0 saturated heterocycles. The molecule has 4 aromatic carbocycles. The van der Waals surface area contributed by atoms with Gasteiger partial charge in [0.2, 0.25) is 0 Å². The molecule has 0 spiro atoms. The second kappa shape index (κ2) is 14.0. The Balaban J connectivity index is 0.000000174. The standard InChI is InChI=1S/C21H19N3.C17H12N.Ir/c1-15(2)16-9-3-5-12-19(16)24-20-13-6-4-10-17(20)23-21(24)18-11-7-8-14-22-18;1-3-7-14(8-4-1)16-11-12-17(18-13-16)15-9-5-2-6-10-15;/h3-15H,1-2H3;1-9,11-13H;/q;-1;. The molecule has 0 aliphatic carbocycles. The number of para-hydroxylation sites is 3. The minimum Gasteiger partial charge on any atom is -0.304 e. The fourth-order valence-corrected chi connectivity index (χ4v) is 5.02. The van der Waals surface area contributed by atoms with E-state index in [-0.39, 0.29) is 20.1 Å². The number of aromatic nitrogens is 4. The van der Waals surface area contributed by atoms with Gasteiger partial charge < -0.3 is 4.98 Å². The average molecular weight is 736 g/mol. The van der Waals surface area contributed by atoms with Crippen molar-refractivity contribution in [3.63, 3.8) is 0 Å². The first kappa shape index (κ1) is 29.8. The summed E-state index contributed by atoms with van der Waals surface area (Å²) in [5, 5.41) is 0. The van der Waals surface area contributed by atoms with Gasteiger partial charge in [-0.3, -0.25) is 9.55 Å². The van der Waals surface area contributed by atoms with Crippen molar-refractivity contribution >= 4 is 11.0 Å². The Labute approximate surface area is 266 Å². The molecule has 5 heteroatoms. The molecule has 0 fully saturated rings. The molecule has 0 atom stereocenters. The van der Waals surface area contributed by atoms with E-state index in [4.69, 9.17) is 4.98 Å². The van der Waals surface area contributed by atoms with Crippen LogP contribution in [0.3, 0.4) is 0 Å². The maximum Gasteiger partial charge on any atom is 0.164 e. The van der Waals surface area contributed by atoms with E-state index in [0.29, 0.717) is 5.92 Å². The first-order chi connectivity index (χ1) is 20.7. The van der Waals surface area contributed by atoms with Gasteiger partial charge in [-0.2, -0.15) is 0 Å². The summed E-state index contributed by atoms with van der Waals surface area (Å²) in [6, 6.07) is 48.2. The zero-order chi connectivity index (χ0) is 28.7. The minimum atomic E-state index is 0. The molecular weight excluding hydrogens is 705 g/mol. The normalized spacial score (nSPS) is 10.6. The van der Waals surface area contributed by atoms with E-state index in [2.05, 4.69) is 95.1 Å². The van der Waals surface area contributed by atoms with Crippen LogP contribution in [0.4, 0.5) is 0 Å². The van der Waals surface area contributed by atoms with Crippen LogP contribution in [0.2, 0.25) is 0 Å². The Bertz CT molecular complexity index is 1820. The van der Waals surface area contributed by atoms with E-state index < -0.39 is 0 Å². The predicted molar refractivity (Wildman–Crippen MR) is 172 cm³/mol. The molecule has 0 unspecified atom stereocenters. The molecule has 0 amide bonds. The van der Waals surface area contributed by atoms with E-state index in [9.17, 15) is 0 Å². The Morgan fingerprint density at radius 1 is 0.628 bits per heavy atom. The first-order valence-electron chi connectivity index (χ1n) is 14.2. The van der Waals surface area contributed by atoms with Crippen LogP contribution >= 0.6 is 0 Å².